The topological polar surface area (TPSA) is 51.8 Å². The van der Waals surface area contributed by atoms with Crippen molar-refractivity contribution < 1.29 is 0 Å². The van der Waals surface area contributed by atoms with Gasteiger partial charge < -0.3 is 5.73 Å². The third-order valence-electron chi connectivity index (χ3n) is 1.53. The van der Waals surface area contributed by atoms with Gasteiger partial charge in [-0.3, -0.25) is 0 Å². The Balaban J connectivity index is 2.91. The largest absolute Gasteiger partial charge is 0.382 e. The van der Waals surface area contributed by atoms with Crippen molar-refractivity contribution >= 4 is 16.6 Å². The molecule has 0 saturated carbocycles. The van der Waals surface area contributed by atoms with Gasteiger partial charge >= 0.3 is 0 Å². The summed E-state index contributed by atoms with van der Waals surface area (Å²) < 4.78 is 0. The van der Waals surface area contributed by atoms with Crippen molar-refractivity contribution in [3.05, 3.63) is 30.5 Å². The van der Waals surface area contributed by atoms with Crippen LogP contribution in [-0.4, -0.2) is 10.2 Å². The third-order valence-corrected chi connectivity index (χ3v) is 1.53. The van der Waals surface area contributed by atoms with E-state index in [-0.39, 0.29) is 0 Å². The second kappa shape index (κ2) is 2.20. The molecular formula is C8H6N3. The van der Waals surface area contributed by atoms with Gasteiger partial charge in [-0.1, -0.05) is 6.07 Å². The van der Waals surface area contributed by atoms with E-state index in [9.17, 15) is 0 Å². The van der Waals surface area contributed by atoms with Crippen LogP contribution in [0.2, 0.25) is 0 Å². The van der Waals surface area contributed by atoms with Gasteiger partial charge in [0.05, 0.1) is 6.20 Å². The highest BCUT2D eigenvalue weighted by Crippen LogP contribution is 2.15. The van der Waals surface area contributed by atoms with E-state index in [0.29, 0.717) is 5.82 Å². The first-order chi connectivity index (χ1) is 5.38. The summed E-state index contributed by atoms with van der Waals surface area (Å²) in [5.74, 6) is 0.469. The number of rotatable bonds is 0. The second-order valence-electron chi connectivity index (χ2n) is 2.24. The number of fused-ring (bicyclic) bond motifs is 1. The van der Waals surface area contributed by atoms with E-state index < -0.39 is 0 Å². The molecule has 0 saturated heterocycles. The Morgan fingerprint density at radius 2 is 2.36 bits per heavy atom. The zero-order chi connectivity index (χ0) is 7.68. The molecule has 0 amide bonds. The Bertz CT molecular complexity index is 378. The lowest BCUT2D eigenvalue weighted by Crippen LogP contribution is -1.92. The van der Waals surface area contributed by atoms with Crippen LogP contribution in [0.4, 0.5) is 5.82 Å². The monoisotopic (exact) mass is 144 g/mol. The lowest BCUT2D eigenvalue weighted by Gasteiger charge is -1.96. The Morgan fingerprint density at radius 3 is 3.18 bits per heavy atom. The zero-order valence-corrected chi connectivity index (χ0v) is 5.78. The molecule has 0 unspecified atom stereocenters. The highest BCUT2D eigenvalue weighted by molar-refractivity contribution is 5.89. The van der Waals surface area contributed by atoms with Crippen LogP contribution in [0.1, 0.15) is 0 Å². The van der Waals surface area contributed by atoms with Gasteiger partial charge in [0.1, 0.15) is 0 Å². The molecule has 0 atom stereocenters. The minimum Gasteiger partial charge on any atom is -0.382 e. The Labute approximate surface area is 63.9 Å². The van der Waals surface area contributed by atoms with Crippen molar-refractivity contribution in [1.29, 1.82) is 0 Å². The van der Waals surface area contributed by atoms with Crippen molar-refractivity contribution in [3.8, 4) is 0 Å². The van der Waals surface area contributed by atoms with Crippen molar-refractivity contribution in [2.75, 3.05) is 5.73 Å². The predicted molar refractivity (Wildman–Crippen MR) is 42.8 cm³/mol. The average Bonchev–Trinajstić information content (AvgIpc) is 2.06. The van der Waals surface area contributed by atoms with Crippen LogP contribution in [-0.2, 0) is 0 Å². The number of hydrogen-bond donors (Lipinski definition) is 1. The first kappa shape index (κ1) is 6.09. The van der Waals surface area contributed by atoms with E-state index in [4.69, 9.17) is 5.73 Å². The molecule has 1 aromatic heterocycles. The molecule has 0 aliphatic heterocycles. The summed E-state index contributed by atoms with van der Waals surface area (Å²) in [6.45, 7) is 0. The van der Waals surface area contributed by atoms with E-state index >= 15 is 0 Å². The highest BCUT2D eigenvalue weighted by Gasteiger charge is 1.95. The molecule has 0 fully saturated rings. The van der Waals surface area contributed by atoms with Crippen LogP contribution in [0.3, 0.4) is 0 Å². The molecule has 2 N–H and O–H groups in total. The van der Waals surface area contributed by atoms with Gasteiger partial charge in [-0.2, -0.15) is 5.10 Å². The van der Waals surface area contributed by atoms with E-state index in [1.807, 2.05) is 12.1 Å². The Hall–Kier alpha value is -1.64. The maximum absolute atomic E-state index is 5.57. The summed E-state index contributed by atoms with van der Waals surface area (Å²) in [4.78, 5) is 0. The van der Waals surface area contributed by atoms with Crippen LogP contribution < -0.4 is 5.73 Å². The molecule has 2 aromatic rings. The standard InChI is InChI=1S/C8H6N3/c9-8-7-4-2-1-3-6(7)5-10-11-8/h2-5H,(H2,9,11). The summed E-state index contributed by atoms with van der Waals surface area (Å²) in [6, 6.07) is 8.45. The quantitative estimate of drug-likeness (QED) is 0.600. The summed E-state index contributed by atoms with van der Waals surface area (Å²) in [5.41, 5.74) is 5.57. The summed E-state index contributed by atoms with van der Waals surface area (Å²) in [5, 5.41) is 9.34. The minimum absolute atomic E-state index is 0.469. The van der Waals surface area contributed by atoms with Crippen LogP contribution in [0.5, 0.6) is 0 Å². The normalized spacial score (nSPS) is 10.2. The minimum atomic E-state index is 0.469. The lowest BCUT2D eigenvalue weighted by atomic mass is 10.2. The molecule has 0 bridgehead atoms. The number of anilines is 1. The molecule has 0 spiro atoms. The van der Waals surface area contributed by atoms with Gasteiger partial charge in [0, 0.05) is 10.8 Å². The van der Waals surface area contributed by atoms with E-state index in [0.717, 1.165) is 10.8 Å². The fraction of sp³-hybridized carbons (Fsp3) is 0. The molecule has 1 heterocycles. The van der Waals surface area contributed by atoms with Gasteiger partial charge in [0.25, 0.3) is 0 Å². The molecule has 53 valence electrons. The number of nitrogens with zero attached hydrogens (tertiary/aromatic N) is 2. The third kappa shape index (κ3) is 0.902. The van der Waals surface area contributed by atoms with Crippen molar-refractivity contribution in [2.45, 2.75) is 0 Å². The van der Waals surface area contributed by atoms with Gasteiger partial charge in [-0.15, -0.1) is 5.10 Å². The molecule has 2 rings (SSSR count). The van der Waals surface area contributed by atoms with Crippen LogP contribution in [0, 0.1) is 6.07 Å². The predicted octanol–water partition coefficient (Wildman–Crippen LogP) is 1.01. The molecule has 0 aliphatic rings. The highest BCUT2D eigenvalue weighted by atomic mass is 15.1. The number of nitrogen functional groups attached to an aromatic ring is 1. The van der Waals surface area contributed by atoms with Gasteiger partial charge in [0.15, 0.2) is 5.82 Å². The Kier molecular flexibility index (Phi) is 1.22. The number of hydrogen-bond acceptors (Lipinski definition) is 3. The Morgan fingerprint density at radius 1 is 1.45 bits per heavy atom. The van der Waals surface area contributed by atoms with Crippen molar-refractivity contribution in [3.63, 3.8) is 0 Å². The van der Waals surface area contributed by atoms with Gasteiger partial charge in [-0.05, 0) is 18.2 Å². The lowest BCUT2D eigenvalue weighted by molar-refractivity contribution is 1.06. The SMILES string of the molecule is Nc1nncc2c[c]ccc12. The summed E-state index contributed by atoms with van der Waals surface area (Å²) in [7, 11) is 0. The zero-order valence-electron chi connectivity index (χ0n) is 5.78. The van der Waals surface area contributed by atoms with E-state index in [2.05, 4.69) is 16.3 Å². The van der Waals surface area contributed by atoms with Crippen molar-refractivity contribution in [1.82, 2.24) is 10.2 Å². The molecule has 11 heavy (non-hydrogen) atoms. The van der Waals surface area contributed by atoms with Crippen LogP contribution >= 0.6 is 0 Å². The average molecular weight is 144 g/mol. The molecule has 3 heteroatoms. The first-order valence-corrected chi connectivity index (χ1v) is 3.25. The molecule has 3 nitrogen and oxygen atoms in total. The second-order valence-corrected chi connectivity index (χ2v) is 2.24. The maximum Gasteiger partial charge on any atom is 0.153 e. The molecule has 1 radical (unpaired) electrons. The fourth-order valence-electron chi connectivity index (χ4n) is 0.991. The maximum atomic E-state index is 5.57. The van der Waals surface area contributed by atoms with E-state index in [1.165, 1.54) is 0 Å². The first-order valence-electron chi connectivity index (χ1n) is 3.25. The fourth-order valence-corrected chi connectivity index (χ4v) is 0.991. The smallest absolute Gasteiger partial charge is 0.153 e. The summed E-state index contributed by atoms with van der Waals surface area (Å²) in [6.07, 6.45) is 1.67. The van der Waals surface area contributed by atoms with Crippen molar-refractivity contribution in [2.24, 2.45) is 0 Å². The van der Waals surface area contributed by atoms with Gasteiger partial charge in [-0.25, -0.2) is 0 Å². The summed E-state index contributed by atoms with van der Waals surface area (Å²) >= 11 is 0. The van der Waals surface area contributed by atoms with E-state index in [1.54, 1.807) is 12.3 Å². The molecular weight excluding hydrogens is 138 g/mol. The number of aromatic nitrogens is 2. The van der Waals surface area contributed by atoms with Crippen LogP contribution in [0.25, 0.3) is 10.8 Å². The number of benzene rings is 1. The molecule has 1 aromatic carbocycles. The van der Waals surface area contributed by atoms with Gasteiger partial charge in [0.2, 0.25) is 0 Å². The van der Waals surface area contributed by atoms with Crippen LogP contribution in [0.15, 0.2) is 24.4 Å². The molecule has 0 aliphatic carbocycles. The number of nitrogens with two attached hydrogens (primary N) is 1.